The molecule has 2 aromatic heterocycles. The van der Waals surface area contributed by atoms with Crippen LogP contribution in [-0.4, -0.2) is 47.7 Å². The van der Waals surface area contributed by atoms with Crippen molar-refractivity contribution in [2.75, 3.05) is 19.5 Å². The average Bonchev–Trinajstić information content (AvgIpc) is 3.18. The van der Waals surface area contributed by atoms with Crippen molar-refractivity contribution in [3.8, 4) is 5.82 Å². The summed E-state index contributed by atoms with van der Waals surface area (Å²) in [5.74, 6) is 0.628. The van der Waals surface area contributed by atoms with E-state index in [-0.39, 0.29) is 10.3 Å². The van der Waals surface area contributed by atoms with Gasteiger partial charge in [0, 0.05) is 30.3 Å². The third-order valence-corrected chi connectivity index (χ3v) is 6.29. The minimum Gasteiger partial charge on any atom is -0.306 e. The fraction of sp³-hybridized carbons (Fsp3) is 0.286. The molecule has 0 aliphatic carbocycles. The van der Waals surface area contributed by atoms with Gasteiger partial charge in [0.2, 0.25) is 0 Å². The van der Waals surface area contributed by atoms with Gasteiger partial charge < -0.3 is 5.32 Å². The summed E-state index contributed by atoms with van der Waals surface area (Å²) in [6.07, 6.45) is 1.65. The molecule has 0 atom stereocenters. The van der Waals surface area contributed by atoms with Crippen LogP contribution in [0.3, 0.4) is 0 Å². The second-order valence-electron chi connectivity index (χ2n) is 7.84. The van der Waals surface area contributed by atoms with Gasteiger partial charge in [-0.05, 0) is 36.4 Å². The number of hydrogen-bond donors (Lipinski definition) is 1. The van der Waals surface area contributed by atoms with Gasteiger partial charge in [-0.2, -0.15) is 9.78 Å². The van der Waals surface area contributed by atoms with E-state index in [0.717, 1.165) is 10.2 Å². The molecule has 0 aliphatic rings. The Balaban J connectivity index is 1.91. The lowest BCUT2D eigenvalue weighted by Crippen LogP contribution is -2.25. The van der Waals surface area contributed by atoms with E-state index >= 15 is 0 Å². The SMILES string of the molecule is CON(C)S(=O)(=O)c1ccc(C(=O)Nc2cc(C(C)(C)C)nn2-c2ccccn2)cc1. The summed E-state index contributed by atoms with van der Waals surface area (Å²) >= 11 is 0. The number of sulfonamides is 1. The lowest BCUT2D eigenvalue weighted by Gasteiger charge is -2.14. The Hall–Kier alpha value is -3.08. The molecule has 0 bridgehead atoms. The van der Waals surface area contributed by atoms with E-state index in [0.29, 0.717) is 17.2 Å². The second kappa shape index (κ2) is 8.58. The van der Waals surface area contributed by atoms with E-state index < -0.39 is 15.9 Å². The van der Waals surface area contributed by atoms with Crippen LogP contribution in [0, 0.1) is 0 Å². The lowest BCUT2D eigenvalue weighted by molar-refractivity contribution is -0.0258. The summed E-state index contributed by atoms with van der Waals surface area (Å²) in [6.45, 7) is 6.08. The molecular formula is C21H25N5O4S. The molecule has 1 N–H and O–H groups in total. The number of carbonyl (C=O) groups is 1. The summed E-state index contributed by atoms with van der Waals surface area (Å²) < 4.78 is 27.0. The number of nitrogens with zero attached hydrogens (tertiary/aromatic N) is 4. The predicted octanol–water partition coefficient (Wildman–Crippen LogP) is 3.00. The van der Waals surface area contributed by atoms with E-state index in [1.807, 2.05) is 26.8 Å². The molecule has 1 aromatic carbocycles. The fourth-order valence-corrected chi connectivity index (χ4v) is 3.68. The summed E-state index contributed by atoms with van der Waals surface area (Å²) in [4.78, 5) is 21.9. The number of benzene rings is 1. The maximum Gasteiger partial charge on any atom is 0.264 e. The number of aromatic nitrogens is 3. The molecule has 0 spiro atoms. The topological polar surface area (TPSA) is 106 Å². The highest BCUT2D eigenvalue weighted by molar-refractivity contribution is 7.89. The lowest BCUT2D eigenvalue weighted by atomic mass is 9.92. The van der Waals surface area contributed by atoms with E-state index in [1.165, 1.54) is 38.4 Å². The Bertz CT molecular complexity index is 1170. The highest BCUT2D eigenvalue weighted by Crippen LogP contribution is 2.26. The van der Waals surface area contributed by atoms with Crippen LogP contribution < -0.4 is 5.32 Å². The average molecular weight is 444 g/mol. The summed E-state index contributed by atoms with van der Waals surface area (Å²) in [6, 6.07) is 12.8. The van der Waals surface area contributed by atoms with Crippen LogP contribution in [0.5, 0.6) is 0 Å². The predicted molar refractivity (Wildman–Crippen MR) is 116 cm³/mol. The first kappa shape index (κ1) is 22.6. The van der Waals surface area contributed by atoms with Gasteiger partial charge in [0.25, 0.3) is 15.9 Å². The molecule has 0 saturated carbocycles. The van der Waals surface area contributed by atoms with Crippen LogP contribution in [0.2, 0.25) is 0 Å². The van der Waals surface area contributed by atoms with E-state index in [9.17, 15) is 13.2 Å². The van der Waals surface area contributed by atoms with E-state index in [4.69, 9.17) is 4.84 Å². The molecule has 31 heavy (non-hydrogen) atoms. The minimum atomic E-state index is -3.79. The van der Waals surface area contributed by atoms with Gasteiger partial charge in [-0.1, -0.05) is 31.3 Å². The first-order valence-corrected chi connectivity index (χ1v) is 10.9. The number of hydrogen-bond acceptors (Lipinski definition) is 6. The summed E-state index contributed by atoms with van der Waals surface area (Å²) in [7, 11) is -1.24. The van der Waals surface area contributed by atoms with Crippen LogP contribution in [0.25, 0.3) is 5.82 Å². The van der Waals surface area contributed by atoms with Crippen molar-refractivity contribution in [3.05, 3.63) is 66.0 Å². The number of rotatable bonds is 6. The van der Waals surface area contributed by atoms with Crippen molar-refractivity contribution in [1.82, 2.24) is 19.2 Å². The standard InChI is InChI=1S/C21H25N5O4S/c1-21(2,3)17-14-19(26(24-17)18-8-6-7-13-22-18)23-20(27)15-9-11-16(12-10-15)31(28,29)25(4)30-5/h6-14H,1-5H3,(H,23,27). The Morgan fingerprint density at radius 3 is 2.35 bits per heavy atom. The van der Waals surface area contributed by atoms with Crippen molar-refractivity contribution >= 4 is 21.7 Å². The van der Waals surface area contributed by atoms with Crippen molar-refractivity contribution in [1.29, 1.82) is 0 Å². The minimum absolute atomic E-state index is 0.0157. The molecule has 0 unspecified atom stereocenters. The number of hydroxylamine groups is 1. The summed E-state index contributed by atoms with van der Waals surface area (Å²) in [5.41, 5.74) is 0.852. The van der Waals surface area contributed by atoms with Gasteiger partial charge >= 0.3 is 0 Å². The van der Waals surface area contributed by atoms with Crippen LogP contribution in [0.1, 0.15) is 36.8 Å². The second-order valence-corrected chi connectivity index (χ2v) is 9.78. The number of nitrogens with one attached hydrogen (secondary N) is 1. The van der Waals surface area contributed by atoms with Gasteiger partial charge in [0.15, 0.2) is 5.82 Å². The quantitative estimate of drug-likeness (QED) is 0.587. The molecule has 2 heterocycles. The van der Waals surface area contributed by atoms with Crippen molar-refractivity contribution < 1.29 is 18.0 Å². The maximum atomic E-state index is 12.9. The molecule has 0 radical (unpaired) electrons. The van der Waals surface area contributed by atoms with Gasteiger partial charge in [-0.25, -0.2) is 13.4 Å². The molecule has 0 fully saturated rings. The number of amides is 1. The smallest absolute Gasteiger partial charge is 0.264 e. The fourth-order valence-electron chi connectivity index (χ4n) is 2.70. The van der Waals surface area contributed by atoms with Gasteiger partial charge in [0.1, 0.15) is 5.82 Å². The van der Waals surface area contributed by atoms with Gasteiger partial charge in [0.05, 0.1) is 17.7 Å². The van der Waals surface area contributed by atoms with Crippen molar-refractivity contribution in [3.63, 3.8) is 0 Å². The zero-order chi connectivity index (χ0) is 22.8. The normalized spacial score (nSPS) is 12.2. The monoisotopic (exact) mass is 443 g/mol. The molecule has 10 heteroatoms. The number of pyridine rings is 1. The molecule has 9 nitrogen and oxygen atoms in total. The first-order chi connectivity index (χ1) is 14.5. The zero-order valence-corrected chi connectivity index (χ0v) is 18.8. The molecule has 1 amide bonds. The largest absolute Gasteiger partial charge is 0.306 e. The maximum absolute atomic E-state index is 12.9. The van der Waals surface area contributed by atoms with Crippen LogP contribution in [0.15, 0.2) is 59.6 Å². The Labute approximate surface area is 181 Å². The molecule has 3 aromatic rings. The molecule has 0 saturated heterocycles. The Kier molecular flexibility index (Phi) is 6.25. The van der Waals surface area contributed by atoms with Gasteiger partial charge in [-0.3, -0.25) is 9.63 Å². The summed E-state index contributed by atoms with van der Waals surface area (Å²) in [5, 5.41) is 7.46. The Morgan fingerprint density at radius 1 is 1.13 bits per heavy atom. The first-order valence-electron chi connectivity index (χ1n) is 9.50. The number of carbonyl (C=O) groups excluding carboxylic acids is 1. The van der Waals surface area contributed by atoms with Crippen LogP contribution in [-0.2, 0) is 20.3 Å². The zero-order valence-electron chi connectivity index (χ0n) is 18.0. The van der Waals surface area contributed by atoms with Gasteiger partial charge in [-0.15, -0.1) is 0 Å². The molecular weight excluding hydrogens is 418 g/mol. The molecule has 164 valence electrons. The van der Waals surface area contributed by atoms with Crippen LogP contribution >= 0.6 is 0 Å². The van der Waals surface area contributed by atoms with Crippen molar-refractivity contribution in [2.45, 2.75) is 31.1 Å². The molecule has 0 aliphatic heterocycles. The number of anilines is 1. The van der Waals surface area contributed by atoms with E-state index in [2.05, 4.69) is 15.4 Å². The third-order valence-electron chi connectivity index (χ3n) is 4.60. The van der Waals surface area contributed by atoms with E-state index in [1.54, 1.807) is 29.1 Å². The van der Waals surface area contributed by atoms with Crippen molar-refractivity contribution in [2.24, 2.45) is 0 Å². The highest BCUT2D eigenvalue weighted by atomic mass is 32.2. The van der Waals surface area contributed by atoms with Crippen LogP contribution in [0.4, 0.5) is 5.82 Å². The highest BCUT2D eigenvalue weighted by Gasteiger charge is 2.23. The third kappa shape index (κ3) is 4.82. The Morgan fingerprint density at radius 2 is 1.81 bits per heavy atom. The molecule has 3 rings (SSSR count).